The number of benzene rings is 1. The van der Waals surface area contributed by atoms with E-state index in [1.54, 1.807) is 12.1 Å². The number of halogens is 1. The van der Waals surface area contributed by atoms with E-state index in [-0.39, 0.29) is 10.6 Å². The third-order valence-electron chi connectivity index (χ3n) is 4.01. The van der Waals surface area contributed by atoms with Crippen LogP contribution >= 0.6 is 11.6 Å². The van der Waals surface area contributed by atoms with Gasteiger partial charge in [-0.05, 0) is 36.9 Å². The molecule has 19 heavy (non-hydrogen) atoms. The molecule has 1 fully saturated rings. The highest BCUT2D eigenvalue weighted by Crippen LogP contribution is 2.30. The Labute approximate surface area is 118 Å². The van der Waals surface area contributed by atoms with Gasteiger partial charge in [-0.25, -0.2) is 0 Å². The van der Waals surface area contributed by atoms with Crippen molar-refractivity contribution in [3.8, 4) is 0 Å². The van der Waals surface area contributed by atoms with Gasteiger partial charge >= 0.3 is 0 Å². The zero-order chi connectivity index (χ0) is 13.8. The van der Waals surface area contributed by atoms with E-state index in [0.717, 1.165) is 12.5 Å². The van der Waals surface area contributed by atoms with Gasteiger partial charge in [0, 0.05) is 23.2 Å². The smallest absolute Gasteiger partial charge is 0.275 e. The summed E-state index contributed by atoms with van der Waals surface area (Å²) in [7, 11) is 0. The number of nitro benzene ring substituents is 1. The lowest BCUT2D eigenvalue weighted by molar-refractivity contribution is -0.385. The fourth-order valence-electron chi connectivity index (χ4n) is 2.77. The summed E-state index contributed by atoms with van der Waals surface area (Å²) >= 11 is 5.79. The van der Waals surface area contributed by atoms with Gasteiger partial charge in [-0.1, -0.05) is 31.4 Å². The molecule has 2 rings (SSSR count). The maximum absolute atomic E-state index is 11.0. The molecule has 0 bridgehead atoms. The minimum atomic E-state index is -0.374. The van der Waals surface area contributed by atoms with Crippen LogP contribution in [-0.2, 0) is 6.54 Å². The molecule has 0 spiro atoms. The van der Waals surface area contributed by atoms with Crippen molar-refractivity contribution < 1.29 is 4.92 Å². The summed E-state index contributed by atoms with van der Waals surface area (Å²) in [6, 6.07) is 4.84. The summed E-state index contributed by atoms with van der Waals surface area (Å²) in [5, 5.41) is 14.7. The Balaban J connectivity index is 1.94. The minimum Gasteiger partial charge on any atom is -0.312 e. The molecular weight excluding hydrogens is 264 g/mol. The van der Waals surface area contributed by atoms with E-state index in [1.807, 2.05) is 0 Å². The number of nitro groups is 1. The Morgan fingerprint density at radius 2 is 2.26 bits per heavy atom. The Kier molecular flexibility index (Phi) is 4.77. The van der Waals surface area contributed by atoms with Crippen molar-refractivity contribution in [2.24, 2.45) is 11.8 Å². The molecule has 0 aromatic heterocycles. The van der Waals surface area contributed by atoms with Crippen molar-refractivity contribution in [1.29, 1.82) is 0 Å². The van der Waals surface area contributed by atoms with Crippen LogP contribution in [0.15, 0.2) is 18.2 Å². The quantitative estimate of drug-likeness (QED) is 0.660. The molecule has 104 valence electrons. The summed E-state index contributed by atoms with van der Waals surface area (Å²) in [4.78, 5) is 10.6. The highest BCUT2D eigenvalue weighted by Gasteiger charge is 2.23. The highest BCUT2D eigenvalue weighted by molar-refractivity contribution is 6.30. The molecule has 1 aromatic carbocycles. The molecule has 4 nitrogen and oxygen atoms in total. The van der Waals surface area contributed by atoms with Crippen LogP contribution in [0.5, 0.6) is 0 Å². The van der Waals surface area contributed by atoms with Crippen LogP contribution in [0.25, 0.3) is 0 Å². The zero-order valence-electron chi connectivity index (χ0n) is 11.1. The minimum absolute atomic E-state index is 0.0967. The largest absolute Gasteiger partial charge is 0.312 e. The van der Waals surface area contributed by atoms with E-state index < -0.39 is 0 Å². The first-order valence-electron chi connectivity index (χ1n) is 6.71. The Bertz CT molecular complexity index is 465. The summed E-state index contributed by atoms with van der Waals surface area (Å²) in [6.45, 7) is 3.74. The van der Waals surface area contributed by atoms with E-state index in [0.29, 0.717) is 23.0 Å². The maximum Gasteiger partial charge on any atom is 0.275 e. The molecule has 5 heteroatoms. The lowest BCUT2D eigenvalue weighted by Crippen LogP contribution is -2.24. The molecule has 1 aromatic rings. The molecule has 1 aliphatic rings. The van der Waals surface area contributed by atoms with Crippen molar-refractivity contribution in [2.75, 3.05) is 6.54 Å². The van der Waals surface area contributed by atoms with Gasteiger partial charge in [0.05, 0.1) is 4.92 Å². The zero-order valence-corrected chi connectivity index (χ0v) is 11.8. The SMILES string of the molecule is CC1CCCC1CNCc1ccc(Cl)cc1[N+](=O)[O-]. The number of nitrogens with one attached hydrogen (secondary N) is 1. The molecule has 1 aliphatic carbocycles. The predicted octanol–water partition coefficient (Wildman–Crippen LogP) is 3.77. The van der Waals surface area contributed by atoms with Gasteiger partial charge in [-0.2, -0.15) is 0 Å². The van der Waals surface area contributed by atoms with E-state index in [2.05, 4.69) is 12.2 Å². The van der Waals surface area contributed by atoms with Gasteiger partial charge in [0.25, 0.3) is 5.69 Å². The second-order valence-electron chi connectivity index (χ2n) is 5.33. The van der Waals surface area contributed by atoms with Crippen LogP contribution < -0.4 is 5.32 Å². The monoisotopic (exact) mass is 282 g/mol. The fraction of sp³-hybridized carbons (Fsp3) is 0.571. The number of rotatable bonds is 5. The first-order valence-corrected chi connectivity index (χ1v) is 7.09. The summed E-state index contributed by atoms with van der Waals surface area (Å²) in [5.74, 6) is 1.46. The number of nitrogens with zero attached hydrogens (tertiary/aromatic N) is 1. The van der Waals surface area contributed by atoms with Crippen molar-refractivity contribution >= 4 is 17.3 Å². The Morgan fingerprint density at radius 1 is 1.47 bits per heavy atom. The van der Waals surface area contributed by atoms with Crippen LogP contribution in [0.1, 0.15) is 31.7 Å². The van der Waals surface area contributed by atoms with Crippen molar-refractivity contribution in [1.82, 2.24) is 5.32 Å². The first kappa shape index (κ1) is 14.3. The lowest BCUT2D eigenvalue weighted by Gasteiger charge is -2.15. The third kappa shape index (κ3) is 3.67. The fourth-order valence-corrected chi connectivity index (χ4v) is 2.94. The molecule has 1 N–H and O–H groups in total. The Morgan fingerprint density at radius 3 is 2.89 bits per heavy atom. The van der Waals surface area contributed by atoms with Crippen LogP contribution in [0.2, 0.25) is 5.02 Å². The molecular formula is C14H19ClN2O2. The second-order valence-corrected chi connectivity index (χ2v) is 5.77. The van der Waals surface area contributed by atoms with Crippen molar-refractivity contribution in [3.63, 3.8) is 0 Å². The standard InChI is InChI=1S/C14H19ClN2O2/c1-10-3-2-4-11(10)8-16-9-12-5-6-13(15)7-14(12)17(18)19/h5-7,10-11,16H,2-4,8-9H2,1H3. The average molecular weight is 283 g/mol. The Hall–Kier alpha value is -1.13. The average Bonchev–Trinajstić information content (AvgIpc) is 2.77. The topological polar surface area (TPSA) is 55.2 Å². The van der Waals surface area contributed by atoms with Gasteiger partial charge in [0.1, 0.15) is 0 Å². The van der Waals surface area contributed by atoms with Crippen molar-refractivity contribution in [2.45, 2.75) is 32.7 Å². The van der Waals surface area contributed by atoms with Crippen LogP contribution in [0.4, 0.5) is 5.69 Å². The normalized spacial score (nSPS) is 22.6. The van der Waals surface area contributed by atoms with E-state index >= 15 is 0 Å². The van der Waals surface area contributed by atoms with Crippen LogP contribution in [0.3, 0.4) is 0 Å². The second kappa shape index (κ2) is 6.35. The molecule has 0 heterocycles. The van der Waals surface area contributed by atoms with Gasteiger partial charge in [-0.15, -0.1) is 0 Å². The summed E-state index contributed by atoms with van der Waals surface area (Å²) in [6.07, 6.45) is 3.86. The predicted molar refractivity (Wildman–Crippen MR) is 76.3 cm³/mol. The molecule has 0 saturated heterocycles. The van der Waals surface area contributed by atoms with Crippen LogP contribution in [0, 0.1) is 22.0 Å². The van der Waals surface area contributed by atoms with Crippen molar-refractivity contribution in [3.05, 3.63) is 38.9 Å². The third-order valence-corrected chi connectivity index (χ3v) is 4.24. The molecule has 2 unspecified atom stereocenters. The molecule has 1 saturated carbocycles. The van der Waals surface area contributed by atoms with E-state index in [4.69, 9.17) is 11.6 Å². The summed E-state index contributed by atoms with van der Waals surface area (Å²) in [5.41, 5.74) is 0.791. The van der Waals surface area contributed by atoms with Crippen LogP contribution in [-0.4, -0.2) is 11.5 Å². The first-order chi connectivity index (χ1) is 9.08. The van der Waals surface area contributed by atoms with Gasteiger partial charge in [0.2, 0.25) is 0 Å². The lowest BCUT2D eigenvalue weighted by atomic mass is 9.98. The number of hydrogen-bond donors (Lipinski definition) is 1. The number of hydrogen-bond acceptors (Lipinski definition) is 3. The summed E-state index contributed by atoms with van der Waals surface area (Å²) < 4.78 is 0. The maximum atomic E-state index is 11.0. The molecule has 0 aliphatic heterocycles. The molecule has 0 amide bonds. The molecule has 0 radical (unpaired) electrons. The van der Waals surface area contributed by atoms with Gasteiger partial charge < -0.3 is 5.32 Å². The highest BCUT2D eigenvalue weighted by atomic mass is 35.5. The molecule has 2 atom stereocenters. The van der Waals surface area contributed by atoms with E-state index in [1.165, 1.54) is 25.3 Å². The van der Waals surface area contributed by atoms with E-state index in [9.17, 15) is 10.1 Å². The van der Waals surface area contributed by atoms with Gasteiger partial charge in [0.15, 0.2) is 0 Å². The van der Waals surface area contributed by atoms with Gasteiger partial charge in [-0.3, -0.25) is 10.1 Å².